The van der Waals surface area contributed by atoms with E-state index in [1.165, 1.54) is 18.4 Å². The zero-order valence-electron chi connectivity index (χ0n) is 9.44. The summed E-state index contributed by atoms with van der Waals surface area (Å²) in [5.41, 5.74) is 0.966. The van der Waals surface area contributed by atoms with E-state index in [0.29, 0.717) is 0 Å². The second-order valence-corrected chi connectivity index (χ2v) is 4.58. The van der Waals surface area contributed by atoms with Gasteiger partial charge in [0.05, 0.1) is 13.2 Å². The van der Waals surface area contributed by atoms with Crippen LogP contribution >= 0.6 is 11.3 Å². The van der Waals surface area contributed by atoms with Gasteiger partial charge in [0.25, 0.3) is 0 Å². The van der Waals surface area contributed by atoms with Crippen LogP contribution in [0.25, 0.3) is 0 Å². The monoisotopic (exact) mass is 252 g/mol. The molecule has 6 heteroatoms. The Balaban J connectivity index is 2.40. The number of urea groups is 1. The van der Waals surface area contributed by atoms with Crippen molar-refractivity contribution >= 4 is 23.3 Å². The molecule has 1 aliphatic rings. The highest BCUT2D eigenvalue weighted by Crippen LogP contribution is 2.29. The molecule has 1 aromatic heterocycles. The maximum atomic E-state index is 11.5. The van der Waals surface area contributed by atoms with E-state index >= 15 is 0 Å². The molecule has 5 nitrogen and oxygen atoms in total. The van der Waals surface area contributed by atoms with Crippen LogP contribution in [0.1, 0.15) is 17.8 Å². The number of hydrogen-bond acceptors (Lipinski definition) is 4. The summed E-state index contributed by atoms with van der Waals surface area (Å²) < 4.78 is 4.64. The molecule has 2 amide bonds. The normalized spacial score (nSPS) is 19.6. The van der Waals surface area contributed by atoms with Crippen molar-refractivity contribution in [3.63, 3.8) is 0 Å². The lowest BCUT2D eigenvalue weighted by molar-refractivity contribution is -0.136. The van der Waals surface area contributed by atoms with Crippen molar-refractivity contribution in [3.8, 4) is 0 Å². The van der Waals surface area contributed by atoms with Gasteiger partial charge in [-0.15, -0.1) is 11.3 Å². The standard InChI is InChI=1S/C11H12N2O3S/c1-6-8(7-4-3-5-17-7)12-11(15)13-9(6)10(14)16-2/h3-5,8H,1-2H3,(H2,12,13,15)/t8-/m1/s1. The molecule has 1 aromatic rings. The Hall–Kier alpha value is -1.82. The van der Waals surface area contributed by atoms with E-state index in [-0.39, 0.29) is 11.7 Å². The molecule has 0 saturated carbocycles. The molecule has 0 unspecified atom stereocenters. The molecule has 0 aromatic carbocycles. The largest absolute Gasteiger partial charge is 0.464 e. The van der Waals surface area contributed by atoms with Crippen LogP contribution in [0, 0.1) is 0 Å². The molecular weight excluding hydrogens is 240 g/mol. The fraction of sp³-hybridized carbons (Fsp3) is 0.273. The SMILES string of the molecule is COC(=O)C1=C(C)[C@H](c2cccs2)NC(=O)N1. The van der Waals surface area contributed by atoms with Crippen LogP contribution < -0.4 is 10.6 Å². The summed E-state index contributed by atoms with van der Waals surface area (Å²) in [6.07, 6.45) is 0. The topological polar surface area (TPSA) is 67.4 Å². The number of thiophene rings is 1. The van der Waals surface area contributed by atoms with Gasteiger partial charge in [0, 0.05) is 4.88 Å². The van der Waals surface area contributed by atoms with Crippen LogP contribution in [0.4, 0.5) is 4.79 Å². The van der Waals surface area contributed by atoms with E-state index < -0.39 is 12.0 Å². The minimum absolute atomic E-state index is 0.217. The summed E-state index contributed by atoms with van der Waals surface area (Å²) in [7, 11) is 1.29. The second kappa shape index (κ2) is 4.58. The number of hydrogen-bond donors (Lipinski definition) is 2. The van der Waals surface area contributed by atoms with Gasteiger partial charge in [-0.2, -0.15) is 0 Å². The van der Waals surface area contributed by atoms with E-state index in [4.69, 9.17) is 0 Å². The minimum atomic E-state index is -0.529. The zero-order valence-corrected chi connectivity index (χ0v) is 10.3. The molecule has 2 N–H and O–H groups in total. The average molecular weight is 252 g/mol. The van der Waals surface area contributed by atoms with Gasteiger partial charge in [-0.3, -0.25) is 0 Å². The first-order chi connectivity index (χ1) is 8.13. The maximum Gasteiger partial charge on any atom is 0.354 e. The van der Waals surface area contributed by atoms with Crippen molar-refractivity contribution in [1.82, 2.24) is 10.6 Å². The number of nitrogens with one attached hydrogen (secondary N) is 2. The molecule has 17 heavy (non-hydrogen) atoms. The molecule has 90 valence electrons. The van der Waals surface area contributed by atoms with Crippen molar-refractivity contribution in [2.45, 2.75) is 13.0 Å². The van der Waals surface area contributed by atoms with Gasteiger partial charge in [-0.1, -0.05) is 6.07 Å². The summed E-state index contributed by atoms with van der Waals surface area (Å²) >= 11 is 1.53. The Morgan fingerprint density at radius 3 is 2.88 bits per heavy atom. The van der Waals surface area contributed by atoms with Gasteiger partial charge >= 0.3 is 12.0 Å². The quantitative estimate of drug-likeness (QED) is 0.785. The van der Waals surface area contributed by atoms with Crippen molar-refractivity contribution < 1.29 is 14.3 Å². The maximum absolute atomic E-state index is 11.5. The van der Waals surface area contributed by atoms with Crippen molar-refractivity contribution in [3.05, 3.63) is 33.7 Å². The van der Waals surface area contributed by atoms with Gasteiger partial charge in [0.15, 0.2) is 0 Å². The number of rotatable bonds is 2. The fourth-order valence-electron chi connectivity index (χ4n) is 1.69. The summed E-state index contributed by atoms with van der Waals surface area (Å²) in [5, 5.41) is 7.17. The minimum Gasteiger partial charge on any atom is -0.464 e. The zero-order chi connectivity index (χ0) is 12.4. The van der Waals surface area contributed by atoms with Gasteiger partial charge in [0.2, 0.25) is 0 Å². The van der Waals surface area contributed by atoms with Gasteiger partial charge < -0.3 is 15.4 Å². The predicted octanol–water partition coefficient (Wildman–Crippen LogP) is 1.55. The number of amides is 2. The Morgan fingerprint density at radius 2 is 2.29 bits per heavy atom. The lowest BCUT2D eigenvalue weighted by Gasteiger charge is -2.26. The summed E-state index contributed by atoms with van der Waals surface area (Å²) in [6, 6.07) is 3.16. The molecule has 2 rings (SSSR count). The average Bonchev–Trinajstić information content (AvgIpc) is 2.84. The van der Waals surface area contributed by atoms with Crippen molar-refractivity contribution in [2.24, 2.45) is 0 Å². The van der Waals surface area contributed by atoms with Gasteiger partial charge in [0.1, 0.15) is 5.70 Å². The molecule has 0 spiro atoms. The number of ether oxygens (including phenoxy) is 1. The molecule has 0 bridgehead atoms. The molecule has 1 aliphatic heterocycles. The van der Waals surface area contributed by atoms with Crippen molar-refractivity contribution in [1.29, 1.82) is 0 Å². The first kappa shape index (κ1) is 11.7. The van der Waals surface area contributed by atoms with Crippen LogP contribution in [-0.4, -0.2) is 19.1 Å². The third-order valence-electron chi connectivity index (χ3n) is 2.56. The van der Waals surface area contributed by atoms with E-state index in [0.717, 1.165) is 10.5 Å². The molecule has 0 saturated heterocycles. The van der Waals surface area contributed by atoms with E-state index in [9.17, 15) is 9.59 Å². The van der Waals surface area contributed by atoms with Crippen LogP contribution in [0.2, 0.25) is 0 Å². The van der Waals surface area contributed by atoms with Crippen molar-refractivity contribution in [2.75, 3.05) is 7.11 Å². The smallest absolute Gasteiger partial charge is 0.354 e. The third-order valence-corrected chi connectivity index (χ3v) is 3.50. The Bertz CT molecular complexity index is 479. The second-order valence-electron chi connectivity index (χ2n) is 3.60. The Kier molecular flexibility index (Phi) is 3.14. The molecule has 0 radical (unpaired) electrons. The number of methoxy groups -OCH3 is 1. The summed E-state index contributed by atoms with van der Waals surface area (Å²) in [5.74, 6) is -0.529. The van der Waals surface area contributed by atoms with Crippen LogP contribution in [-0.2, 0) is 9.53 Å². The summed E-state index contributed by atoms with van der Waals surface area (Å²) in [6.45, 7) is 1.79. The Labute approximate surface area is 102 Å². The van der Waals surface area contributed by atoms with Gasteiger partial charge in [-0.25, -0.2) is 9.59 Å². The number of carbonyl (C=O) groups is 2. The lowest BCUT2D eigenvalue weighted by Crippen LogP contribution is -2.45. The third kappa shape index (κ3) is 2.16. The highest BCUT2D eigenvalue weighted by Gasteiger charge is 2.29. The van der Waals surface area contributed by atoms with E-state index in [1.54, 1.807) is 6.92 Å². The molecule has 1 atom stereocenters. The highest BCUT2D eigenvalue weighted by molar-refractivity contribution is 7.10. The number of esters is 1. The highest BCUT2D eigenvalue weighted by atomic mass is 32.1. The van der Waals surface area contributed by atoms with Crippen LogP contribution in [0.15, 0.2) is 28.8 Å². The van der Waals surface area contributed by atoms with Crippen LogP contribution in [0.5, 0.6) is 0 Å². The number of carbonyl (C=O) groups excluding carboxylic acids is 2. The van der Waals surface area contributed by atoms with E-state index in [2.05, 4.69) is 15.4 Å². The summed E-state index contributed by atoms with van der Waals surface area (Å²) in [4.78, 5) is 24.0. The molecule has 0 fully saturated rings. The Morgan fingerprint density at radius 1 is 1.53 bits per heavy atom. The predicted molar refractivity (Wildman–Crippen MR) is 63.4 cm³/mol. The molecule has 2 heterocycles. The fourth-order valence-corrected chi connectivity index (χ4v) is 2.53. The first-order valence-electron chi connectivity index (χ1n) is 5.03. The van der Waals surface area contributed by atoms with Gasteiger partial charge in [-0.05, 0) is 23.9 Å². The van der Waals surface area contributed by atoms with E-state index in [1.807, 2.05) is 17.5 Å². The molecule has 0 aliphatic carbocycles. The molecular formula is C11H12N2O3S. The first-order valence-corrected chi connectivity index (χ1v) is 5.91. The lowest BCUT2D eigenvalue weighted by atomic mass is 10.0. The van der Waals surface area contributed by atoms with Crippen LogP contribution in [0.3, 0.4) is 0 Å².